The van der Waals surface area contributed by atoms with Gasteiger partial charge in [-0.15, -0.1) is 0 Å². The molecule has 2 N–H and O–H groups in total. The van der Waals surface area contributed by atoms with E-state index in [-0.39, 0.29) is 30.1 Å². The van der Waals surface area contributed by atoms with Gasteiger partial charge in [-0.2, -0.15) is 0 Å². The van der Waals surface area contributed by atoms with Crippen molar-refractivity contribution in [2.75, 3.05) is 26.3 Å². The molecule has 1 aliphatic rings. The maximum atomic E-state index is 12.0. The molecular weight excluding hydrogens is 224 g/mol. The highest BCUT2D eigenvalue weighted by Crippen LogP contribution is 2.16. The lowest BCUT2D eigenvalue weighted by Crippen LogP contribution is -2.47. The van der Waals surface area contributed by atoms with Gasteiger partial charge in [-0.05, 0) is 12.1 Å². The zero-order valence-corrected chi connectivity index (χ0v) is 9.24. The summed E-state index contributed by atoms with van der Waals surface area (Å²) >= 11 is 0. The number of rotatable bonds is 2. The Balaban J connectivity index is 2.12. The first kappa shape index (κ1) is 11.8. The zero-order valence-electron chi connectivity index (χ0n) is 9.24. The summed E-state index contributed by atoms with van der Waals surface area (Å²) in [7, 11) is 0. The second kappa shape index (κ2) is 5.11. The average molecular weight is 238 g/mol. The number of nitrogens with zero attached hydrogens (tertiary/aromatic N) is 2. The highest BCUT2D eigenvalue weighted by atomic mass is 16.5. The Morgan fingerprint density at radius 1 is 1.65 bits per heavy atom. The SMILES string of the molecule is O=C(c1ncccc1O)N1CCOC(CO)C1. The third kappa shape index (κ3) is 2.54. The van der Waals surface area contributed by atoms with Gasteiger partial charge in [-0.25, -0.2) is 4.98 Å². The first-order valence-electron chi connectivity index (χ1n) is 5.38. The summed E-state index contributed by atoms with van der Waals surface area (Å²) in [6.45, 7) is 0.999. The number of ether oxygens (including phenoxy) is 1. The van der Waals surface area contributed by atoms with Crippen LogP contribution in [0.1, 0.15) is 10.5 Å². The lowest BCUT2D eigenvalue weighted by Gasteiger charge is -2.31. The van der Waals surface area contributed by atoms with E-state index in [1.54, 1.807) is 6.07 Å². The number of pyridine rings is 1. The number of aromatic nitrogens is 1. The standard InChI is InChI=1S/C11H14N2O4/c14-7-8-6-13(4-5-17-8)11(16)10-9(15)2-1-3-12-10/h1-3,8,14-15H,4-7H2. The number of aliphatic hydroxyl groups excluding tert-OH is 1. The van der Waals surface area contributed by atoms with Crippen LogP contribution >= 0.6 is 0 Å². The van der Waals surface area contributed by atoms with Crippen LogP contribution in [0.4, 0.5) is 0 Å². The molecule has 0 radical (unpaired) electrons. The van der Waals surface area contributed by atoms with Crippen LogP contribution in [0.15, 0.2) is 18.3 Å². The van der Waals surface area contributed by atoms with Gasteiger partial charge < -0.3 is 19.8 Å². The fraction of sp³-hybridized carbons (Fsp3) is 0.455. The molecule has 1 atom stereocenters. The molecule has 6 heteroatoms. The minimum Gasteiger partial charge on any atom is -0.505 e. The summed E-state index contributed by atoms with van der Waals surface area (Å²) in [4.78, 5) is 17.4. The molecule has 17 heavy (non-hydrogen) atoms. The Kier molecular flexibility index (Phi) is 3.55. The molecule has 2 heterocycles. The fourth-order valence-electron chi connectivity index (χ4n) is 1.73. The van der Waals surface area contributed by atoms with E-state index in [1.165, 1.54) is 17.2 Å². The van der Waals surface area contributed by atoms with Crippen molar-refractivity contribution in [2.24, 2.45) is 0 Å². The van der Waals surface area contributed by atoms with Gasteiger partial charge in [0.25, 0.3) is 5.91 Å². The van der Waals surface area contributed by atoms with E-state index in [2.05, 4.69) is 4.98 Å². The monoisotopic (exact) mass is 238 g/mol. The van der Waals surface area contributed by atoms with Crippen molar-refractivity contribution in [1.82, 2.24) is 9.88 Å². The van der Waals surface area contributed by atoms with E-state index in [0.29, 0.717) is 19.7 Å². The third-order valence-electron chi connectivity index (χ3n) is 2.62. The molecule has 0 aromatic carbocycles. The van der Waals surface area contributed by atoms with Crippen molar-refractivity contribution in [2.45, 2.75) is 6.10 Å². The molecule has 1 unspecified atom stereocenters. The summed E-state index contributed by atoms with van der Waals surface area (Å²) in [5, 5.41) is 18.5. The predicted molar refractivity (Wildman–Crippen MR) is 58.6 cm³/mol. The number of hydrogen-bond donors (Lipinski definition) is 2. The lowest BCUT2D eigenvalue weighted by molar-refractivity contribution is -0.0449. The maximum Gasteiger partial charge on any atom is 0.276 e. The summed E-state index contributed by atoms with van der Waals surface area (Å²) in [6.07, 6.45) is 1.09. The topological polar surface area (TPSA) is 82.9 Å². The van der Waals surface area contributed by atoms with E-state index in [4.69, 9.17) is 9.84 Å². The van der Waals surface area contributed by atoms with Gasteiger partial charge in [-0.3, -0.25) is 4.79 Å². The van der Waals surface area contributed by atoms with Crippen LogP contribution in [0.5, 0.6) is 5.75 Å². The van der Waals surface area contributed by atoms with E-state index in [0.717, 1.165) is 0 Å². The van der Waals surface area contributed by atoms with Crippen LogP contribution in [0, 0.1) is 0 Å². The van der Waals surface area contributed by atoms with Crippen molar-refractivity contribution in [1.29, 1.82) is 0 Å². The van der Waals surface area contributed by atoms with Gasteiger partial charge in [0.1, 0.15) is 5.75 Å². The first-order valence-corrected chi connectivity index (χ1v) is 5.38. The second-order valence-corrected chi connectivity index (χ2v) is 3.80. The molecule has 1 amide bonds. The summed E-state index contributed by atoms with van der Waals surface area (Å²) < 4.78 is 5.25. The molecule has 2 rings (SSSR count). The van der Waals surface area contributed by atoms with Crippen LogP contribution in [0.25, 0.3) is 0 Å². The van der Waals surface area contributed by atoms with Gasteiger partial charge in [0.15, 0.2) is 5.69 Å². The number of hydrogen-bond acceptors (Lipinski definition) is 5. The van der Waals surface area contributed by atoms with E-state index < -0.39 is 0 Å². The van der Waals surface area contributed by atoms with Crippen molar-refractivity contribution >= 4 is 5.91 Å². The quantitative estimate of drug-likeness (QED) is 0.734. The molecule has 0 saturated carbocycles. The molecular formula is C11H14N2O4. The van der Waals surface area contributed by atoms with Gasteiger partial charge in [0, 0.05) is 19.3 Å². The molecule has 1 aromatic rings. The Bertz CT molecular complexity index is 410. The lowest BCUT2D eigenvalue weighted by atomic mass is 10.2. The minimum absolute atomic E-state index is 0.0334. The van der Waals surface area contributed by atoms with Crippen LogP contribution in [0.2, 0.25) is 0 Å². The Hall–Kier alpha value is -1.66. The maximum absolute atomic E-state index is 12.0. The highest BCUT2D eigenvalue weighted by molar-refractivity contribution is 5.94. The molecule has 1 fully saturated rings. The molecule has 0 spiro atoms. The number of amides is 1. The Morgan fingerprint density at radius 3 is 3.18 bits per heavy atom. The van der Waals surface area contributed by atoms with E-state index in [9.17, 15) is 9.90 Å². The molecule has 1 saturated heterocycles. The van der Waals surface area contributed by atoms with Crippen molar-refractivity contribution in [3.8, 4) is 5.75 Å². The van der Waals surface area contributed by atoms with Gasteiger partial charge in [-0.1, -0.05) is 0 Å². The van der Waals surface area contributed by atoms with E-state index >= 15 is 0 Å². The van der Waals surface area contributed by atoms with Crippen molar-refractivity contribution < 1.29 is 19.7 Å². The van der Waals surface area contributed by atoms with Gasteiger partial charge in [0.05, 0.1) is 19.3 Å². The van der Waals surface area contributed by atoms with Gasteiger partial charge >= 0.3 is 0 Å². The minimum atomic E-state index is -0.362. The molecule has 1 aromatic heterocycles. The van der Waals surface area contributed by atoms with Crippen LogP contribution in [0.3, 0.4) is 0 Å². The van der Waals surface area contributed by atoms with Gasteiger partial charge in [0.2, 0.25) is 0 Å². The smallest absolute Gasteiger partial charge is 0.276 e. The van der Waals surface area contributed by atoms with Crippen LogP contribution in [-0.4, -0.2) is 58.4 Å². The molecule has 92 valence electrons. The fourth-order valence-corrected chi connectivity index (χ4v) is 1.73. The van der Waals surface area contributed by atoms with Crippen LogP contribution < -0.4 is 0 Å². The highest BCUT2D eigenvalue weighted by Gasteiger charge is 2.26. The Labute approximate surface area is 98.5 Å². The van der Waals surface area contributed by atoms with Crippen LogP contribution in [-0.2, 0) is 4.74 Å². The summed E-state index contributed by atoms with van der Waals surface area (Å²) in [5.74, 6) is -0.477. The third-order valence-corrected chi connectivity index (χ3v) is 2.62. The molecule has 0 bridgehead atoms. The molecule has 6 nitrogen and oxygen atoms in total. The van der Waals surface area contributed by atoms with Crippen molar-refractivity contribution in [3.63, 3.8) is 0 Å². The largest absolute Gasteiger partial charge is 0.505 e. The molecule has 1 aliphatic heterocycles. The second-order valence-electron chi connectivity index (χ2n) is 3.80. The zero-order chi connectivity index (χ0) is 12.3. The number of aromatic hydroxyl groups is 1. The predicted octanol–water partition coefficient (Wildman–Crippen LogP) is -0.380. The number of carbonyl (C=O) groups excluding carboxylic acids is 1. The molecule has 0 aliphatic carbocycles. The average Bonchev–Trinajstić information content (AvgIpc) is 2.38. The number of morpholine rings is 1. The van der Waals surface area contributed by atoms with E-state index in [1.807, 2.05) is 0 Å². The van der Waals surface area contributed by atoms with Crippen molar-refractivity contribution in [3.05, 3.63) is 24.0 Å². The summed E-state index contributed by atoms with van der Waals surface area (Å²) in [6, 6.07) is 2.98. The normalized spacial score (nSPS) is 20.3. The number of aliphatic hydroxyl groups is 1. The summed E-state index contributed by atoms with van der Waals surface area (Å²) in [5.41, 5.74) is 0.0334. The number of carbonyl (C=O) groups is 1. The first-order chi connectivity index (χ1) is 8.22. The Morgan fingerprint density at radius 2 is 2.47 bits per heavy atom.